The average molecular weight is 386 g/mol. The van der Waals surface area contributed by atoms with Gasteiger partial charge in [-0.2, -0.15) is 0 Å². The summed E-state index contributed by atoms with van der Waals surface area (Å²) in [5, 5.41) is 19.1. The molecule has 6 heteroatoms. The van der Waals surface area contributed by atoms with Gasteiger partial charge in [-0.1, -0.05) is 25.5 Å². The number of benzene rings is 2. The number of Topliss-reactive ketones (excluding diaryl/α,β-unsaturated/α-hetero) is 1. The molecule has 150 valence electrons. The molecule has 0 aliphatic heterocycles. The van der Waals surface area contributed by atoms with Crippen molar-refractivity contribution in [2.75, 3.05) is 13.2 Å². The molecular weight excluding hydrogens is 360 g/mol. The minimum absolute atomic E-state index is 0.00421. The van der Waals surface area contributed by atoms with Crippen molar-refractivity contribution in [2.45, 2.75) is 39.5 Å². The molecule has 0 heterocycles. The molecule has 0 amide bonds. The maximum Gasteiger partial charge on any atom is 0.307 e. The normalized spacial score (nSPS) is 10.5. The lowest BCUT2D eigenvalue weighted by molar-refractivity contribution is -0.136. The van der Waals surface area contributed by atoms with Gasteiger partial charge in [-0.05, 0) is 43.2 Å². The van der Waals surface area contributed by atoms with E-state index in [1.807, 2.05) is 6.92 Å². The monoisotopic (exact) mass is 386 g/mol. The minimum Gasteiger partial charge on any atom is -0.507 e. The van der Waals surface area contributed by atoms with Crippen molar-refractivity contribution >= 4 is 11.8 Å². The molecule has 2 rings (SSSR count). The SMILES string of the molecule is CCCc1c(OCCCOc2ccc(CC(=O)O)cc2)ccc(C(C)=O)c1O. The number of carbonyl (C=O) groups excluding carboxylic acids is 1. The molecule has 0 aromatic heterocycles. The van der Waals surface area contributed by atoms with Crippen LogP contribution in [0.1, 0.15) is 48.2 Å². The minimum atomic E-state index is -0.865. The Kier molecular flexibility index (Phi) is 7.87. The van der Waals surface area contributed by atoms with Gasteiger partial charge < -0.3 is 19.7 Å². The Morgan fingerprint density at radius 2 is 1.68 bits per heavy atom. The van der Waals surface area contributed by atoms with E-state index < -0.39 is 5.97 Å². The molecule has 0 spiro atoms. The molecule has 0 fully saturated rings. The Morgan fingerprint density at radius 1 is 1.00 bits per heavy atom. The van der Waals surface area contributed by atoms with Crippen molar-refractivity contribution in [1.82, 2.24) is 0 Å². The highest BCUT2D eigenvalue weighted by Crippen LogP contribution is 2.33. The van der Waals surface area contributed by atoms with Crippen molar-refractivity contribution in [3.05, 3.63) is 53.1 Å². The lowest BCUT2D eigenvalue weighted by Crippen LogP contribution is -2.07. The van der Waals surface area contributed by atoms with Crippen LogP contribution < -0.4 is 9.47 Å². The molecule has 0 saturated carbocycles. The highest BCUT2D eigenvalue weighted by molar-refractivity contribution is 5.97. The first-order valence-electron chi connectivity index (χ1n) is 9.34. The van der Waals surface area contributed by atoms with E-state index in [2.05, 4.69) is 0 Å². The summed E-state index contributed by atoms with van der Waals surface area (Å²) in [4.78, 5) is 22.3. The molecule has 0 aliphatic rings. The Hall–Kier alpha value is -3.02. The highest BCUT2D eigenvalue weighted by Gasteiger charge is 2.15. The van der Waals surface area contributed by atoms with Crippen LogP contribution in [0.4, 0.5) is 0 Å². The lowest BCUT2D eigenvalue weighted by Gasteiger charge is -2.15. The molecule has 0 atom stereocenters. The fraction of sp³-hybridized carbons (Fsp3) is 0.364. The van der Waals surface area contributed by atoms with Gasteiger partial charge in [0.05, 0.1) is 25.2 Å². The Balaban J connectivity index is 1.85. The number of aromatic hydroxyl groups is 1. The van der Waals surface area contributed by atoms with Crippen LogP contribution in [0.5, 0.6) is 17.2 Å². The fourth-order valence-electron chi connectivity index (χ4n) is 2.84. The molecule has 0 aliphatic carbocycles. The Labute approximate surface area is 164 Å². The van der Waals surface area contributed by atoms with Crippen molar-refractivity contribution < 1.29 is 29.3 Å². The van der Waals surface area contributed by atoms with E-state index in [0.717, 1.165) is 12.0 Å². The van der Waals surface area contributed by atoms with E-state index in [1.165, 1.54) is 6.92 Å². The summed E-state index contributed by atoms with van der Waals surface area (Å²) in [7, 11) is 0. The summed E-state index contributed by atoms with van der Waals surface area (Å²) < 4.78 is 11.4. The number of phenolic OH excluding ortho intramolecular Hbond substituents is 1. The lowest BCUT2D eigenvalue weighted by atomic mass is 10.0. The maximum absolute atomic E-state index is 11.6. The number of ketones is 1. The second-order valence-corrected chi connectivity index (χ2v) is 6.51. The third-order valence-electron chi connectivity index (χ3n) is 4.21. The van der Waals surface area contributed by atoms with Gasteiger partial charge >= 0.3 is 5.97 Å². The fourth-order valence-corrected chi connectivity index (χ4v) is 2.84. The summed E-state index contributed by atoms with van der Waals surface area (Å²) in [6.07, 6.45) is 2.08. The van der Waals surface area contributed by atoms with Crippen molar-refractivity contribution in [3.8, 4) is 17.2 Å². The van der Waals surface area contributed by atoms with E-state index in [1.54, 1.807) is 36.4 Å². The summed E-state index contributed by atoms with van der Waals surface area (Å²) in [5.41, 5.74) is 1.69. The second kappa shape index (κ2) is 10.3. The average Bonchev–Trinajstić information content (AvgIpc) is 2.64. The van der Waals surface area contributed by atoms with Crippen LogP contribution in [-0.2, 0) is 17.6 Å². The summed E-state index contributed by atoms with van der Waals surface area (Å²) in [5.74, 6) is 0.219. The van der Waals surface area contributed by atoms with Gasteiger partial charge in [-0.25, -0.2) is 0 Å². The molecule has 28 heavy (non-hydrogen) atoms. The molecular formula is C22H26O6. The molecule has 2 N–H and O–H groups in total. The Morgan fingerprint density at radius 3 is 2.29 bits per heavy atom. The molecule has 0 radical (unpaired) electrons. The maximum atomic E-state index is 11.6. The molecule has 0 bridgehead atoms. The van der Waals surface area contributed by atoms with Crippen LogP contribution in [0.15, 0.2) is 36.4 Å². The van der Waals surface area contributed by atoms with Crippen LogP contribution >= 0.6 is 0 Å². The van der Waals surface area contributed by atoms with Crippen molar-refractivity contribution in [3.63, 3.8) is 0 Å². The number of carbonyl (C=O) groups is 2. The van der Waals surface area contributed by atoms with E-state index in [0.29, 0.717) is 48.7 Å². The highest BCUT2D eigenvalue weighted by atomic mass is 16.5. The third kappa shape index (κ3) is 6.01. The van der Waals surface area contributed by atoms with Gasteiger partial charge in [0.25, 0.3) is 0 Å². The van der Waals surface area contributed by atoms with Gasteiger partial charge in [-0.3, -0.25) is 9.59 Å². The number of carboxylic acids is 1. The number of hydrogen-bond acceptors (Lipinski definition) is 5. The predicted molar refractivity (Wildman–Crippen MR) is 105 cm³/mol. The number of rotatable bonds is 11. The van der Waals surface area contributed by atoms with Gasteiger partial charge in [0, 0.05) is 12.0 Å². The van der Waals surface area contributed by atoms with Gasteiger partial charge in [0.1, 0.15) is 17.2 Å². The van der Waals surface area contributed by atoms with Gasteiger partial charge in [-0.15, -0.1) is 0 Å². The zero-order valence-corrected chi connectivity index (χ0v) is 16.2. The largest absolute Gasteiger partial charge is 0.507 e. The van der Waals surface area contributed by atoms with Gasteiger partial charge in [0.2, 0.25) is 0 Å². The van der Waals surface area contributed by atoms with Crippen molar-refractivity contribution in [2.24, 2.45) is 0 Å². The summed E-state index contributed by atoms with van der Waals surface area (Å²) >= 11 is 0. The summed E-state index contributed by atoms with van der Waals surface area (Å²) in [6, 6.07) is 10.3. The number of carboxylic acid groups (broad SMARTS) is 1. The van der Waals surface area contributed by atoms with Crippen LogP contribution in [0.3, 0.4) is 0 Å². The first kappa shape index (κ1) is 21.3. The zero-order valence-electron chi connectivity index (χ0n) is 16.2. The molecule has 2 aromatic rings. The van der Waals surface area contributed by atoms with E-state index >= 15 is 0 Å². The number of phenols is 1. The predicted octanol–water partition coefficient (Wildman–Crippen LogP) is 4.02. The van der Waals surface area contributed by atoms with E-state index in [9.17, 15) is 14.7 Å². The van der Waals surface area contributed by atoms with Crippen molar-refractivity contribution in [1.29, 1.82) is 0 Å². The second-order valence-electron chi connectivity index (χ2n) is 6.51. The van der Waals surface area contributed by atoms with Gasteiger partial charge in [0.15, 0.2) is 5.78 Å². The topological polar surface area (TPSA) is 93.1 Å². The number of ether oxygens (including phenoxy) is 2. The molecule has 6 nitrogen and oxygen atoms in total. The van der Waals surface area contributed by atoms with Crippen LogP contribution in [0.25, 0.3) is 0 Å². The van der Waals surface area contributed by atoms with E-state index in [-0.39, 0.29) is 18.0 Å². The standard InChI is InChI=1S/C22H26O6/c1-3-5-19-20(11-10-18(15(2)23)22(19)26)28-13-4-12-27-17-8-6-16(7-9-17)14-21(24)25/h6-11,26H,3-5,12-14H2,1-2H3,(H,24,25). The number of aliphatic carboxylic acids is 1. The Bertz CT molecular complexity index is 811. The molecule has 0 saturated heterocycles. The first-order chi connectivity index (χ1) is 13.4. The smallest absolute Gasteiger partial charge is 0.307 e. The zero-order chi connectivity index (χ0) is 20.5. The molecule has 0 unspecified atom stereocenters. The van der Waals surface area contributed by atoms with E-state index in [4.69, 9.17) is 14.6 Å². The molecule has 2 aromatic carbocycles. The number of hydrogen-bond donors (Lipinski definition) is 2. The quantitative estimate of drug-likeness (QED) is 0.447. The first-order valence-corrected chi connectivity index (χ1v) is 9.34. The van der Waals surface area contributed by atoms with Crippen LogP contribution in [0.2, 0.25) is 0 Å². The third-order valence-corrected chi connectivity index (χ3v) is 4.21. The summed E-state index contributed by atoms with van der Waals surface area (Å²) in [6.45, 7) is 4.28. The van der Waals surface area contributed by atoms with Crippen LogP contribution in [0, 0.1) is 0 Å². The van der Waals surface area contributed by atoms with Crippen LogP contribution in [-0.4, -0.2) is 35.2 Å².